The smallest absolute Gasteiger partial charge is 0.128 e. The summed E-state index contributed by atoms with van der Waals surface area (Å²) in [5, 5.41) is 1.15. The van der Waals surface area contributed by atoms with Crippen molar-refractivity contribution in [3.63, 3.8) is 0 Å². The summed E-state index contributed by atoms with van der Waals surface area (Å²) in [5.41, 5.74) is 10.9. The fourth-order valence-electron chi connectivity index (χ4n) is 2.75. The third kappa shape index (κ3) is 2.33. The van der Waals surface area contributed by atoms with Gasteiger partial charge in [0, 0.05) is 40.1 Å². The van der Waals surface area contributed by atoms with Crippen molar-refractivity contribution in [2.45, 2.75) is 20.4 Å². The van der Waals surface area contributed by atoms with E-state index in [4.69, 9.17) is 10.5 Å². The van der Waals surface area contributed by atoms with Crippen LogP contribution in [0.4, 0.5) is 5.69 Å². The molecular weight excluding hydrogens is 262 g/mol. The second-order valence-corrected chi connectivity index (χ2v) is 5.31. The van der Waals surface area contributed by atoms with Gasteiger partial charge in [0.05, 0.1) is 19.3 Å². The number of nitrogen functional groups attached to an aromatic ring is 1. The quantitative estimate of drug-likeness (QED) is 0.749. The minimum absolute atomic E-state index is 0.718. The average Bonchev–Trinajstić information content (AvgIpc) is 2.85. The van der Waals surface area contributed by atoms with Crippen molar-refractivity contribution >= 4 is 16.6 Å². The van der Waals surface area contributed by atoms with Crippen molar-refractivity contribution in [2.24, 2.45) is 0 Å². The maximum atomic E-state index is 5.83. The molecule has 0 unspecified atom stereocenters. The predicted molar refractivity (Wildman–Crippen MR) is 85.7 cm³/mol. The number of fused-ring (bicyclic) bond motifs is 1. The van der Waals surface area contributed by atoms with E-state index in [9.17, 15) is 0 Å². The number of methoxy groups -OCH3 is 1. The minimum Gasteiger partial charge on any atom is -0.496 e. The summed E-state index contributed by atoms with van der Waals surface area (Å²) in [6.45, 7) is 4.78. The van der Waals surface area contributed by atoms with Gasteiger partial charge in [0.15, 0.2) is 0 Å². The van der Waals surface area contributed by atoms with E-state index >= 15 is 0 Å². The second kappa shape index (κ2) is 5.13. The van der Waals surface area contributed by atoms with E-state index in [2.05, 4.69) is 28.7 Å². The van der Waals surface area contributed by atoms with E-state index < -0.39 is 0 Å². The summed E-state index contributed by atoms with van der Waals surface area (Å²) in [6, 6.07) is 8.04. The summed E-state index contributed by atoms with van der Waals surface area (Å²) in [7, 11) is 1.70. The number of hydrogen-bond acceptors (Lipinski definition) is 3. The molecule has 21 heavy (non-hydrogen) atoms. The molecule has 0 radical (unpaired) electrons. The van der Waals surface area contributed by atoms with Gasteiger partial charge in [-0.2, -0.15) is 0 Å². The van der Waals surface area contributed by atoms with Crippen LogP contribution in [0.25, 0.3) is 10.9 Å². The Morgan fingerprint density at radius 3 is 2.81 bits per heavy atom. The lowest BCUT2D eigenvalue weighted by atomic mass is 10.1. The molecule has 0 spiro atoms. The van der Waals surface area contributed by atoms with E-state index in [1.165, 1.54) is 0 Å². The Bertz CT molecular complexity index is 805. The predicted octanol–water partition coefficient (Wildman–Crippen LogP) is 3.29. The van der Waals surface area contributed by atoms with Crippen molar-refractivity contribution in [2.75, 3.05) is 12.8 Å². The summed E-state index contributed by atoms with van der Waals surface area (Å²) in [6.07, 6.45) is 3.93. The Kier molecular flexibility index (Phi) is 3.29. The van der Waals surface area contributed by atoms with Crippen LogP contribution in [0.2, 0.25) is 0 Å². The van der Waals surface area contributed by atoms with Crippen molar-refractivity contribution in [3.8, 4) is 5.75 Å². The highest BCUT2D eigenvalue weighted by Crippen LogP contribution is 2.26. The van der Waals surface area contributed by atoms with Gasteiger partial charge in [0.2, 0.25) is 0 Å². The Morgan fingerprint density at radius 1 is 1.24 bits per heavy atom. The summed E-state index contributed by atoms with van der Waals surface area (Å²) < 4.78 is 7.65. The SMILES string of the molecule is COc1c(C)cnc(Cn2ccc3cc(N)ccc32)c1C. The molecule has 0 saturated heterocycles. The molecule has 2 heterocycles. The lowest BCUT2D eigenvalue weighted by molar-refractivity contribution is 0.406. The van der Waals surface area contributed by atoms with Gasteiger partial charge in [-0.3, -0.25) is 4.98 Å². The van der Waals surface area contributed by atoms with E-state index in [1.54, 1.807) is 7.11 Å². The second-order valence-electron chi connectivity index (χ2n) is 5.31. The largest absolute Gasteiger partial charge is 0.496 e. The highest BCUT2D eigenvalue weighted by Gasteiger charge is 2.11. The highest BCUT2D eigenvalue weighted by molar-refractivity contribution is 5.83. The van der Waals surface area contributed by atoms with Gasteiger partial charge in [-0.1, -0.05) is 0 Å². The molecule has 4 heteroatoms. The number of aromatic nitrogens is 2. The fraction of sp³-hybridized carbons (Fsp3) is 0.235. The normalized spacial score (nSPS) is 11.0. The number of benzene rings is 1. The van der Waals surface area contributed by atoms with Gasteiger partial charge in [-0.05, 0) is 38.1 Å². The number of anilines is 1. The van der Waals surface area contributed by atoms with Crippen LogP contribution in [-0.4, -0.2) is 16.7 Å². The van der Waals surface area contributed by atoms with E-state index in [0.717, 1.165) is 45.7 Å². The molecule has 0 atom stereocenters. The molecule has 0 fully saturated rings. The number of pyridine rings is 1. The third-order valence-corrected chi connectivity index (χ3v) is 3.86. The molecule has 0 aliphatic carbocycles. The minimum atomic E-state index is 0.718. The van der Waals surface area contributed by atoms with Crippen molar-refractivity contribution in [1.82, 2.24) is 9.55 Å². The van der Waals surface area contributed by atoms with Gasteiger partial charge in [-0.15, -0.1) is 0 Å². The Hall–Kier alpha value is -2.49. The molecule has 4 nitrogen and oxygen atoms in total. The molecule has 0 aliphatic heterocycles. The Morgan fingerprint density at radius 2 is 2.05 bits per heavy atom. The van der Waals surface area contributed by atoms with Gasteiger partial charge >= 0.3 is 0 Å². The van der Waals surface area contributed by atoms with Crippen LogP contribution in [0.3, 0.4) is 0 Å². The number of hydrogen-bond donors (Lipinski definition) is 1. The average molecular weight is 281 g/mol. The topological polar surface area (TPSA) is 53.1 Å². The van der Waals surface area contributed by atoms with Gasteiger partial charge in [0.1, 0.15) is 5.75 Å². The third-order valence-electron chi connectivity index (χ3n) is 3.86. The number of nitrogens with two attached hydrogens (primary N) is 1. The first-order valence-electron chi connectivity index (χ1n) is 6.93. The van der Waals surface area contributed by atoms with E-state index in [-0.39, 0.29) is 0 Å². The molecule has 3 aromatic rings. The molecular formula is C17H19N3O. The number of nitrogens with zero attached hydrogens (tertiary/aromatic N) is 2. The lowest BCUT2D eigenvalue weighted by Crippen LogP contribution is -2.05. The molecule has 108 valence electrons. The van der Waals surface area contributed by atoms with Gasteiger partial charge in [-0.25, -0.2) is 0 Å². The molecule has 2 aromatic heterocycles. The molecule has 0 saturated carbocycles. The lowest BCUT2D eigenvalue weighted by Gasteiger charge is -2.13. The highest BCUT2D eigenvalue weighted by atomic mass is 16.5. The summed E-state index contributed by atoms with van der Waals surface area (Å²) in [4.78, 5) is 4.56. The molecule has 1 aromatic carbocycles. The van der Waals surface area contributed by atoms with Crippen LogP contribution < -0.4 is 10.5 Å². The first kappa shape index (κ1) is 13.5. The van der Waals surface area contributed by atoms with E-state index in [0.29, 0.717) is 0 Å². The van der Waals surface area contributed by atoms with Crippen LogP contribution in [0.15, 0.2) is 36.7 Å². The zero-order valence-electron chi connectivity index (χ0n) is 12.6. The van der Waals surface area contributed by atoms with Crippen LogP contribution in [0, 0.1) is 13.8 Å². The first-order chi connectivity index (χ1) is 10.1. The first-order valence-corrected chi connectivity index (χ1v) is 6.93. The van der Waals surface area contributed by atoms with Crippen LogP contribution in [-0.2, 0) is 6.54 Å². The van der Waals surface area contributed by atoms with Crippen molar-refractivity contribution in [3.05, 3.63) is 53.5 Å². The van der Waals surface area contributed by atoms with Gasteiger partial charge < -0.3 is 15.0 Å². The van der Waals surface area contributed by atoms with E-state index in [1.807, 2.05) is 31.3 Å². The fourth-order valence-corrected chi connectivity index (χ4v) is 2.75. The Balaban J connectivity index is 2.03. The maximum absolute atomic E-state index is 5.83. The Labute approximate surface area is 124 Å². The standard InChI is InChI=1S/C17H19N3O/c1-11-9-19-15(12(2)17(11)21-3)10-20-7-6-13-8-14(18)4-5-16(13)20/h4-9H,10,18H2,1-3H3. The van der Waals surface area contributed by atoms with Crippen LogP contribution in [0.1, 0.15) is 16.8 Å². The molecule has 0 amide bonds. The zero-order chi connectivity index (χ0) is 15.0. The molecule has 3 rings (SSSR count). The van der Waals surface area contributed by atoms with Gasteiger partial charge in [0.25, 0.3) is 0 Å². The maximum Gasteiger partial charge on any atom is 0.128 e. The molecule has 2 N–H and O–H groups in total. The van der Waals surface area contributed by atoms with Crippen molar-refractivity contribution < 1.29 is 4.74 Å². The number of ether oxygens (including phenoxy) is 1. The zero-order valence-corrected chi connectivity index (χ0v) is 12.6. The summed E-state index contributed by atoms with van der Waals surface area (Å²) in [5.74, 6) is 0.917. The molecule has 0 aliphatic rings. The monoisotopic (exact) mass is 281 g/mol. The number of aryl methyl sites for hydroxylation is 1. The van der Waals surface area contributed by atoms with Crippen LogP contribution >= 0.6 is 0 Å². The molecule has 0 bridgehead atoms. The van der Waals surface area contributed by atoms with Crippen LogP contribution in [0.5, 0.6) is 5.75 Å². The van der Waals surface area contributed by atoms with Crippen molar-refractivity contribution in [1.29, 1.82) is 0 Å². The number of rotatable bonds is 3. The summed E-state index contributed by atoms with van der Waals surface area (Å²) >= 11 is 0.